The summed E-state index contributed by atoms with van der Waals surface area (Å²) in [6.07, 6.45) is 3.93. The third-order valence-corrected chi connectivity index (χ3v) is 9.84. The van der Waals surface area contributed by atoms with Gasteiger partial charge in [-0.15, -0.1) is 0 Å². The van der Waals surface area contributed by atoms with Gasteiger partial charge in [-0.05, 0) is 72.4 Å². The maximum Gasteiger partial charge on any atom is 0.247 e. The lowest BCUT2D eigenvalue weighted by Gasteiger charge is -2.32. The molecule has 10 heteroatoms. The third-order valence-electron chi connectivity index (χ3n) is 7.93. The van der Waals surface area contributed by atoms with Gasteiger partial charge in [0.05, 0.1) is 24.2 Å². The average molecular weight is 627 g/mol. The van der Waals surface area contributed by atoms with Crippen molar-refractivity contribution < 1.29 is 22.7 Å². The number of nitrogens with zero attached hydrogens (tertiary/aromatic N) is 3. The van der Waals surface area contributed by atoms with Gasteiger partial charge in [0, 0.05) is 32.3 Å². The van der Waals surface area contributed by atoms with E-state index in [4.69, 9.17) is 4.74 Å². The van der Waals surface area contributed by atoms with E-state index in [2.05, 4.69) is 10.3 Å². The average Bonchev–Trinajstić information content (AvgIpc) is 3.64. The van der Waals surface area contributed by atoms with Crippen molar-refractivity contribution in [2.45, 2.75) is 49.7 Å². The first-order valence-electron chi connectivity index (χ1n) is 15.1. The van der Waals surface area contributed by atoms with Crippen molar-refractivity contribution in [3.05, 3.63) is 126 Å². The number of sulfonamides is 1. The van der Waals surface area contributed by atoms with Crippen molar-refractivity contribution in [2.75, 3.05) is 20.2 Å². The summed E-state index contributed by atoms with van der Waals surface area (Å²) in [5.41, 5.74) is 3.08. The maximum atomic E-state index is 14.0. The highest BCUT2D eigenvalue weighted by Gasteiger charge is 2.32. The second kappa shape index (κ2) is 15.0. The quantitative estimate of drug-likeness (QED) is 0.226. The van der Waals surface area contributed by atoms with E-state index in [1.165, 1.54) is 4.31 Å². The zero-order valence-electron chi connectivity index (χ0n) is 25.3. The first-order valence-corrected chi connectivity index (χ1v) is 16.5. The summed E-state index contributed by atoms with van der Waals surface area (Å²) in [6.45, 7) is 1.51. The van der Waals surface area contributed by atoms with Crippen molar-refractivity contribution in [3.63, 3.8) is 0 Å². The van der Waals surface area contributed by atoms with Crippen LogP contribution in [-0.2, 0) is 39.1 Å². The van der Waals surface area contributed by atoms with E-state index in [1.807, 2.05) is 72.8 Å². The van der Waals surface area contributed by atoms with Gasteiger partial charge < -0.3 is 15.0 Å². The zero-order chi connectivity index (χ0) is 31.6. The van der Waals surface area contributed by atoms with Crippen LogP contribution in [0.15, 0.2) is 108 Å². The molecule has 234 valence electrons. The highest BCUT2D eigenvalue weighted by Crippen LogP contribution is 2.27. The zero-order valence-corrected chi connectivity index (χ0v) is 26.2. The number of ether oxygens (including phenoxy) is 1. The van der Waals surface area contributed by atoms with Crippen LogP contribution in [0.4, 0.5) is 0 Å². The van der Waals surface area contributed by atoms with Crippen LogP contribution in [0.5, 0.6) is 5.75 Å². The molecule has 0 bridgehead atoms. The Hall–Kier alpha value is -4.54. The van der Waals surface area contributed by atoms with Gasteiger partial charge in [0.2, 0.25) is 21.8 Å². The first kappa shape index (κ1) is 31.9. The number of rotatable bonds is 13. The van der Waals surface area contributed by atoms with Crippen molar-refractivity contribution in [1.82, 2.24) is 19.5 Å². The highest BCUT2D eigenvalue weighted by atomic mass is 32.2. The summed E-state index contributed by atoms with van der Waals surface area (Å²) in [5.74, 6) is 0.172. The van der Waals surface area contributed by atoms with Gasteiger partial charge in [0.15, 0.2) is 0 Å². The van der Waals surface area contributed by atoms with E-state index in [9.17, 15) is 18.0 Å². The molecule has 1 aromatic heterocycles. The number of amides is 2. The van der Waals surface area contributed by atoms with Crippen LogP contribution < -0.4 is 10.1 Å². The van der Waals surface area contributed by atoms with E-state index < -0.39 is 16.1 Å². The van der Waals surface area contributed by atoms with Crippen LogP contribution in [0, 0.1) is 0 Å². The Balaban J connectivity index is 1.38. The fraction of sp³-hybridized carbons (Fsp3) is 0.286. The summed E-state index contributed by atoms with van der Waals surface area (Å²) in [7, 11) is -1.92. The lowest BCUT2D eigenvalue weighted by atomic mass is 10.0. The smallest absolute Gasteiger partial charge is 0.247 e. The molecule has 1 fully saturated rings. The molecule has 4 aromatic rings. The molecule has 1 aliphatic rings. The second-order valence-electron chi connectivity index (χ2n) is 11.0. The summed E-state index contributed by atoms with van der Waals surface area (Å²) in [5, 5.41) is 2.98. The molecule has 0 radical (unpaired) electrons. The van der Waals surface area contributed by atoms with Gasteiger partial charge in [0.1, 0.15) is 11.8 Å². The predicted molar refractivity (Wildman–Crippen MR) is 172 cm³/mol. The van der Waals surface area contributed by atoms with Crippen LogP contribution in [0.3, 0.4) is 0 Å². The molecule has 3 aromatic carbocycles. The standard InChI is InChI=1S/C35H38N4O5S/c1-44-31-17-12-28(13-18-31)26-39(34(29-9-3-2-4-10-29)35(41)37-25-30-11-5-6-22-36-30)33(40)21-16-27-14-19-32(20-15-27)45(42,43)38-23-7-8-24-38/h2-6,9-15,17-20,22,34H,7-8,16,21,23-26H2,1H3,(H,37,41). The molecule has 2 heterocycles. The lowest BCUT2D eigenvalue weighted by molar-refractivity contribution is -0.141. The van der Waals surface area contributed by atoms with Gasteiger partial charge in [-0.2, -0.15) is 4.31 Å². The fourth-order valence-corrected chi connectivity index (χ4v) is 6.95. The van der Waals surface area contributed by atoms with Gasteiger partial charge in [-0.1, -0.05) is 60.7 Å². The predicted octanol–water partition coefficient (Wildman–Crippen LogP) is 4.89. The molecular formula is C35H38N4O5S. The lowest BCUT2D eigenvalue weighted by Crippen LogP contribution is -2.43. The van der Waals surface area contributed by atoms with E-state index in [-0.39, 0.29) is 36.2 Å². The number of carbonyl (C=O) groups excluding carboxylic acids is 2. The minimum absolute atomic E-state index is 0.130. The third kappa shape index (κ3) is 8.14. The molecule has 1 aliphatic heterocycles. The molecule has 1 unspecified atom stereocenters. The fourth-order valence-electron chi connectivity index (χ4n) is 5.44. The number of hydrogen-bond donors (Lipinski definition) is 1. The second-order valence-corrected chi connectivity index (χ2v) is 12.9. The van der Waals surface area contributed by atoms with Gasteiger partial charge in [0.25, 0.3) is 0 Å². The van der Waals surface area contributed by atoms with Crippen LogP contribution in [-0.4, -0.2) is 54.6 Å². The van der Waals surface area contributed by atoms with Crippen molar-refractivity contribution in [2.24, 2.45) is 0 Å². The highest BCUT2D eigenvalue weighted by molar-refractivity contribution is 7.89. The topological polar surface area (TPSA) is 109 Å². The van der Waals surface area contributed by atoms with Crippen molar-refractivity contribution in [3.8, 4) is 5.75 Å². The van der Waals surface area contributed by atoms with Gasteiger partial charge in [-0.3, -0.25) is 14.6 Å². The number of methoxy groups -OCH3 is 1. The maximum absolute atomic E-state index is 14.0. The summed E-state index contributed by atoms with van der Waals surface area (Å²) < 4.78 is 32.7. The van der Waals surface area contributed by atoms with Gasteiger partial charge in [-0.25, -0.2) is 8.42 Å². The Bertz CT molecular complexity index is 1660. The number of benzene rings is 3. The Morgan fingerprint density at radius 2 is 1.56 bits per heavy atom. The number of nitrogens with one attached hydrogen (secondary N) is 1. The molecule has 1 atom stereocenters. The molecule has 0 saturated carbocycles. The summed E-state index contributed by atoms with van der Waals surface area (Å²) >= 11 is 0. The molecular weight excluding hydrogens is 588 g/mol. The molecule has 5 rings (SSSR count). The SMILES string of the molecule is COc1ccc(CN(C(=O)CCc2ccc(S(=O)(=O)N3CCCC3)cc2)C(C(=O)NCc2ccccn2)c2ccccc2)cc1. The number of aromatic nitrogens is 1. The van der Waals surface area contributed by atoms with Crippen LogP contribution in [0.2, 0.25) is 0 Å². The Labute approximate surface area is 264 Å². The first-order chi connectivity index (χ1) is 21.8. The monoisotopic (exact) mass is 626 g/mol. The Morgan fingerprint density at radius 1 is 0.889 bits per heavy atom. The van der Waals surface area contributed by atoms with E-state index in [1.54, 1.807) is 42.5 Å². The van der Waals surface area contributed by atoms with E-state index >= 15 is 0 Å². The Kier molecular flexibility index (Phi) is 10.6. The minimum Gasteiger partial charge on any atom is -0.497 e. The molecule has 0 aliphatic carbocycles. The van der Waals surface area contributed by atoms with Crippen molar-refractivity contribution >= 4 is 21.8 Å². The largest absolute Gasteiger partial charge is 0.497 e. The minimum atomic E-state index is -3.52. The van der Waals surface area contributed by atoms with Crippen LogP contribution in [0.1, 0.15) is 47.7 Å². The number of hydrogen-bond acceptors (Lipinski definition) is 6. The summed E-state index contributed by atoms with van der Waals surface area (Å²) in [4.78, 5) is 34.1. The Morgan fingerprint density at radius 3 is 2.20 bits per heavy atom. The van der Waals surface area contributed by atoms with E-state index in [0.717, 1.165) is 24.0 Å². The molecule has 9 nitrogen and oxygen atoms in total. The van der Waals surface area contributed by atoms with Crippen LogP contribution >= 0.6 is 0 Å². The number of carbonyl (C=O) groups is 2. The number of aryl methyl sites for hydroxylation is 1. The molecule has 0 spiro atoms. The molecule has 1 saturated heterocycles. The molecule has 45 heavy (non-hydrogen) atoms. The number of pyridine rings is 1. The normalized spacial score (nSPS) is 14.1. The van der Waals surface area contributed by atoms with Gasteiger partial charge >= 0.3 is 0 Å². The molecule has 2 amide bonds. The van der Waals surface area contributed by atoms with Crippen molar-refractivity contribution in [1.29, 1.82) is 0 Å². The van der Waals surface area contributed by atoms with E-state index in [0.29, 0.717) is 36.5 Å². The molecule has 1 N–H and O–H groups in total. The summed E-state index contributed by atoms with van der Waals surface area (Å²) in [6, 6.07) is 28.0. The van der Waals surface area contributed by atoms with Crippen LogP contribution in [0.25, 0.3) is 0 Å².